The summed E-state index contributed by atoms with van der Waals surface area (Å²) in [5.41, 5.74) is -0.379. The molecule has 0 unspecified atom stereocenters. The van der Waals surface area contributed by atoms with Crippen LogP contribution in [0, 0.1) is 0 Å². The number of amides is 4. The van der Waals surface area contributed by atoms with E-state index in [-0.39, 0.29) is 18.4 Å². The van der Waals surface area contributed by atoms with Gasteiger partial charge in [-0.15, -0.1) is 0 Å². The van der Waals surface area contributed by atoms with Crippen molar-refractivity contribution < 1.29 is 28.7 Å². The van der Waals surface area contributed by atoms with E-state index in [2.05, 4.69) is 5.32 Å². The smallest absolute Gasteiger partial charge is 0.410 e. The molecule has 4 amide bonds. The van der Waals surface area contributed by atoms with Crippen LogP contribution in [0.1, 0.15) is 81.5 Å². The Morgan fingerprint density at radius 3 is 1.91 bits per heavy atom. The van der Waals surface area contributed by atoms with Gasteiger partial charge in [0.25, 0.3) is 11.8 Å². The highest BCUT2D eigenvalue weighted by Gasteiger charge is 2.34. The van der Waals surface area contributed by atoms with Gasteiger partial charge >= 0.3 is 12.2 Å². The highest BCUT2D eigenvalue weighted by molar-refractivity contribution is 6.21. The largest absolute Gasteiger partial charge is 0.444 e. The van der Waals surface area contributed by atoms with Gasteiger partial charge in [0, 0.05) is 26.2 Å². The Labute approximate surface area is 201 Å². The average Bonchev–Trinajstić information content (AvgIpc) is 2.94. The van der Waals surface area contributed by atoms with Crippen molar-refractivity contribution in [2.24, 2.45) is 0 Å². The highest BCUT2D eigenvalue weighted by atomic mass is 16.6. The SMILES string of the molecule is CC(C)(C)OC(=O)NCCCCN(CCCN1C(=O)c2ccccc2C1=O)C(=O)OC(C)(C)C. The van der Waals surface area contributed by atoms with Crippen LogP contribution in [0.15, 0.2) is 24.3 Å². The molecule has 0 radical (unpaired) electrons. The van der Waals surface area contributed by atoms with Crippen LogP contribution >= 0.6 is 0 Å². The Hall–Kier alpha value is -3.10. The summed E-state index contributed by atoms with van der Waals surface area (Å²) in [6, 6.07) is 6.76. The van der Waals surface area contributed by atoms with Gasteiger partial charge in [0.15, 0.2) is 0 Å². The fourth-order valence-corrected chi connectivity index (χ4v) is 3.42. The monoisotopic (exact) mass is 475 g/mol. The van der Waals surface area contributed by atoms with E-state index in [9.17, 15) is 19.2 Å². The lowest BCUT2D eigenvalue weighted by Gasteiger charge is -2.28. The molecule has 1 aromatic rings. The zero-order valence-electron chi connectivity index (χ0n) is 21.1. The van der Waals surface area contributed by atoms with E-state index in [1.165, 1.54) is 4.90 Å². The molecule has 9 heteroatoms. The lowest BCUT2D eigenvalue weighted by Crippen LogP contribution is -2.40. The lowest BCUT2D eigenvalue weighted by atomic mass is 10.1. The average molecular weight is 476 g/mol. The van der Waals surface area contributed by atoms with Crippen molar-refractivity contribution in [3.63, 3.8) is 0 Å². The Kier molecular flexibility index (Phi) is 9.06. The summed E-state index contributed by atoms with van der Waals surface area (Å²) in [4.78, 5) is 52.3. The standard InChI is InChI=1S/C25H37N3O6/c1-24(2,3)33-22(31)26-14-9-10-15-27(23(32)34-25(4,5)6)16-11-17-28-20(29)18-12-7-8-13-19(18)21(28)30/h7-8,12-13H,9-11,14-17H2,1-6H3,(H,26,31). The summed E-state index contributed by atoms with van der Waals surface area (Å²) in [6.07, 6.45) is 0.798. The van der Waals surface area contributed by atoms with Gasteiger partial charge in [-0.2, -0.15) is 0 Å². The van der Waals surface area contributed by atoms with Gasteiger partial charge < -0.3 is 19.7 Å². The summed E-state index contributed by atoms with van der Waals surface area (Å²) in [6.45, 7) is 12.2. The topological polar surface area (TPSA) is 105 Å². The zero-order valence-corrected chi connectivity index (χ0v) is 21.1. The van der Waals surface area contributed by atoms with E-state index in [4.69, 9.17) is 9.47 Å². The molecule has 0 saturated heterocycles. The molecule has 1 aliphatic heterocycles. The number of ether oxygens (including phenoxy) is 2. The van der Waals surface area contributed by atoms with Gasteiger partial charge in [-0.25, -0.2) is 9.59 Å². The first-order chi connectivity index (χ1) is 15.8. The first-order valence-electron chi connectivity index (χ1n) is 11.7. The van der Waals surface area contributed by atoms with Gasteiger partial charge in [0.2, 0.25) is 0 Å². The number of carbonyl (C=O) groups is 4. The predicted octanol–water partition coefficient (Wildman–Crippen LogP) is 4.21. The van der Waals surface area contributed by atoms with Crippen molar-refractivity contribution in [2.75, 3.05) is 26.2 Å². The molecular weight excluding hydrogens is 438 g/mol. The zero-order chi connectivity index (χ0) is 25.5. The molecule has 0 spiro atoms. The van der Waals surface area contributed by atoms with Crippen molar-refractivity contribution in [1.29, 1.82) is 0 Å². The van der Waals surface area contributed by atoms with E-state index in [1.54, 1.807) is 70.7 Å². The Morgan fingerprint density at radius 2 is 1.38 bits per heavy atom. The fourth-order valence-electron chi connectivity index (χ4n) is 3.42. The van der Waals surface area contributed by atoms with Crippen LogP contribution in [0.5, 0.6) is 0 Å². The maximum atomic E-state index is 12.7. The first kappa shape index (κ1) is 27.1. The molecule has 1 heterocycles. The second-order valence-corrected chi connectivity index (χ2v) is 10.3. The molecule has 0 aromatic heterocycles. The van der Waals surface area contributed by atoms with Crippen molar-refractivity contribution >= 4 is 24.0 Å². The number of benzene rings is 1. The molecule has 0 atom stereocenters. The number of imide groups is 1. The van der Waals surface area contributed by atoms with E-state index >= 15 is 0 Å². The Morgan fingerprint density at radius 1 is 0.853 bits per heavy atom. The number of hydrogen-bond donors (Lipinski definition) is 1. The van der Waals surface area contributed by atoms with Crippen molar-refractivity contribution in [1.82, 2.24) is 15.1 Å². The molecule has 2 rings (SSSR count). The second kappa shape index (κ2) is 11.4. The number of hydrogen-bond acceptors (Lipinski definition) is 6. The third-order valence-corrected chi connectivity index (χ3v) is 4.86. The third kappa shape index (κ3) is 8.35. The molecule has 0 saturated carbocycles. The van der Waals surface area contributed by atoms with Crippen LogP contribution < -0.4 is 5.32 Å². The number of fused-ring (bicyclic) bond motifs is 1. The van der Waals surface area contributed by atoms with E-state index < -0.39 is 23.4 Å². The van der Waals surface area contributed by atoms with Crippen molar-refractivity contribution in [3.8, 4) is 0 Å². The molecule has 188 valence electrons. The summed E-state index contributed by atoms with van der Waals surface area (Å²) in [5.74, 6) is -0.615. The minimum atomic E-state index is -0.643. The van der Waals surface area contributed by atoms with Gasteiger partial charge in [0.05, 0.1) is 11.1 Å². The van der Waals surface area contributed by atoms with E-state index in [0.29, 0.717) is 50.0 Å². The number of unbranched alkanes of at least 4 members (excludes halogenated alkanes) is 1. The number of carbonyl (C=O) groups excluding carboxylic acids is 4. The van der Waals surface area contributed by atoms with Crippen LogP contribution in [0.3, 0.4) is 0 Å². The second-order valence-electron chi connectivity index (χ2n) is 10.3. The number of nitrogens with zero attached hydrogens (tertiary/aromatic N) is 2. The predicted molar refractivity (Wildman–Crippen MR) is 128 cm³/mol. The fraction of sp³-hybridized carbons (Fsp3) is 0.600. The molecule has 1 N–H and O–H groups in total. The molecule has 0 fully saturated rings. The molecule has 9 nitrogen and oxygen atoms in total. The van der Waals surface area contributed by atoms with Gasteiger partial charge in [0.1, 0.15) is 11.2 Å². The first-order valence-corrected chi connectivity index (χ1v) is 11.7. The molecule has 1 aliphatic rings. The maximum absolute atomic E-state index is 12.7. The molecule has 0 aliphatic carbocycles. The van der Waals surface area contributed by atoms with Gasteiger partial charge in [-0.3, -0.25) is 14.5 Å². The minimum absolute atomic E-state index is 0.214. The quantitative estimate of drug-likeness (QED) is 0.424. The molecular formula is C25H37N3O6. The number of alkyl carbamates (subject to hydrolysis) is 1. The van der Waals surface area contributed by atoms with Crippen LogP contribution in [0.25, 0.3) is 0 Å². The third-order valence-electron chi connectivity index (χ3n) is 4.86. The number of rotatable bonds is 9. The molecule has 0 bridgehead atoms. The summed E-state index contributed by atoms with van der Waals surface area (Å²) in [7, 11) is 0. The highest BCUT2D eigenvalue weighted by Crippen LogP contribution is 2.22. The van der Waals surface area contributed by atoms with Crippen molar-refractivity contribution in [3.05, 3.63) is 35.4 Å². The maximum Gasteiger partial charge on any atom is 0.410 e. The minimum Gasteiger partial charge on any atom is -0.444 e. The van der Waals surface area contributed by atoms with Crippen LogP contribution in [-0.2, 0) is 9.47 Å². The Balaban J connectivity index is 1.85. The normalized spacial score (nSPS) is 13.5. The molecule has 34 heavy (non-hydrogen) atoms. The van der Waals surface area contributed by atoms with E-state index in [1.807, 2.05) is 0 Å². The van der Waals surface area contributed by atoms with E-state index in [0.717, 1.165) is 0 Å². The van der Waals surface area contributed by atoms with Crippen LogP contribution in [0.4, 0.5) is 9.59 Å². The molecule has 1 aromatic carbocycles. The Bertz CT molecular complexity index is 866. The summed E-state index contributed by atoms with van der Waals surface area (Å²) >= 11 is 0. The number of nitrogens with one attached hydrogen (secondary N) is 1. The summed E-state index contributed by atoms with van der Waals surface area (Å²) in [5, 5.41) is 2.70. The van der Waals surface area contributed by atoms with Gasteiger partial charge in [-0.05, 0) is 72.9 Å². The lowest BCUT2D eigenvalue weighted by molar-refractivity contribution is 0.0240. The van der Waals surface area contributed by atoms with Crippen molar-refractivity contribution in [2.45, 2.75) is 72.0 Å². The summed E-state index contributed by atoms with van der Waals surface area (Å²) < 4.78 is 10.7. The van der Waals surface area contributed by atoms with Gasteiger partial charge in [-0.1, -0.05) is 12.1 Å². The van der Waals surface area contributed by atoms with Crippen LogP contribution in [-0.4, -0.2) is 71.2 Å². The van der Waals surface area contributed by atoms with Crippen LogP contribution in [0.2, 0.25) is 0 Å².